The number of carbonyl (C=O) groups excluding carboxylic acids is 1. The van der Waals surface area contributed by atoms with Gasteiger partial charge in [0.15, 0.2) is 0 Å². The Labute approximate surface area is 176 Å². The van der Waals surface area contributed by atoms with Crippen LogP contribution in [-0.2, 0) is 12.8 Å². The molecule has 1 amide bonds. The van der Waals surface area contributed by atoms with Crippen LogP contribution in [0.25, 0.3) is 10.8 Å². The number of amides is 1. The summed E-state index contributed by atoms with van der Waals surface area (Å²) in [7, 11) is 0. The van der Waals surface area contributed by atoms with Crippen LogP contribution >= 0.6 is 11.3 Å². The number of nitrogens with one attached hydrogen (secondary N) is 1. The van der Waals surface area contributed by atoms with Crippen molar-refractivity contribution >= 4 is 33.0 Å². The Morgan fingerprint density at radius 3 is 2.76 bits per heavy atom. The molecule has 1 heterocycles. The molecular formula is C25H26N2OS. The van der Waals surface area contributed by atoms with Gasteiger partial charge in [-0.3, -0.25) is 4.79 Å². The first-order valence-corrected chi connectivity index (χ1v) is 11.1. The largest absolute Gasteiger partial charge is 0.312 e. The zero-order chi connectivity index (χ0) is 20.6. The van der Waals surface area contributed by atoms with Gasteiger partial charge in [0.05, 0.1) is 5.56 Å². The lowest BCUT2D eigenvalue weighted by Gasteiger charge is -2.36. The number of hydrogen-bond donors (Lipinski definition) is 1. The van der Waals surface area contributed by atoms with Gasteiger partial charge in [-0.15, -0.1) is 11.3 Å². The van der Waals surface area contributed by atoms with Crippen LogP contribution in [0, 0.1) is 22.7 Å². The minimum atomic E-state index is -0.151. The molecule has 1 aliphatic carbocycles. The smallest absolute Gasteiger partial charge is 0.256 e. The molecular weight excluding hydrogens is 376 g/mol. The highest BCUT2D eigenvalue weighted by molar-refractivity contribution is 7.16. The van der Waals surface area contributed by atoms with E-state index < -0.39 is 0 Å². The van der Waals surface area contributed by atoms with Gasteiger partial charge in [-0.2, -0.15) is 5.26 Å². The number of anilines is 1. The van der Waals surface area contributed by atoms with Crippen LogP contribution in [0.4, 0.5) is 5.00 Å². The molecule has 0 bridgehead atoms. The normalized spacial score (nSPS) is 16.3. The highest BCUT2D eigenvalue weighted by atomic mass is 32.1. The van der Waals surface area contributed by atoms with Crippen molar-refractivity contribution in [2.24, 2.45) is 11.3 Å². The third kappa shape index (κ3) is 3.56. The number of hydrogen-bond acceptors (Lipinski definition) is 3. The summed E-state index contributed by atoms with van der Waals surface area (Å²) in [6.07, 6.45) is 4.18. The van der Waals surface area contributed by atoms with Crippen LogP contribution in [0.3, 0.4) is 0 Å². The van der Waals surface area contributed by atoms with Gasteiger partial charge >= 0.3 is 0 Å². The zero-order valence-corrected chi connectivity index (χ0v) is 18.0. The Morgan fingerprint density at radius 2 is 2.00 bits per heavy atom. The van der Waals surface area contributed by atoms with Crippen molar-refractivity contribution in [1.29, 1.82) is 5.26 Å². The average molecular weight is 403 g/mol. The van der Waals surface area contributed by atoms with Gasteiger partial charge in [0.1, 0.15) is 11.1 Å². The maximum atomic E-state index is 13.1. The predicted octanol–water partition coefficient (Wildman–Crippen LogP) is 6.57. The molecule has 0 saturated carbocycles. The number of carbonyl (C=O) groups is 1. The van der Waals surface area contributed by atoms with E-state index in [0.29, 0.717) is 27.5 Å². The Bertz CT molecular complexity index is 1110. The van der Waals surface area contributed by atoms with Crippen molar-refractivity contribution in [1.82, 2.24) is 0 Å². The molecule has 2 aromatic carbocycles. The molecule has 0 fully saturated rings. The van der Waals surface area contributed by atoms with Crippen LogP contribution < -0.4 is 5.32 Å². The molecule has 0 unspecified atom stereocenters. The molecule has 4 heteroatoms. The molecule has 148 valence electrons. The Balaban J connectivity index is 1.65. The van der Waals surface area contributed by atoms with Crippen molar-refractivity contribution in [3.8, 4) is 6.07 Å². The Hall–Kier alpha value is -2.64. The molecule has 4 rings (SSSR count). The predicted molar refractivity (Wildman–Crippen MR) is 121 cm³/mol. The fourth-order valence-electron chi connectivity index (χ4n) is 4.34. The fraction of sp³-hybridized carbons (Fsp3) is 0.360. The van der Waals surface area contributed by atoms with E-state index in [1.165, 1.54) is 4.88 Å². The summed E-state index contributed by atoms with van der Waals surface area (Å²) in [5.41, 5.74) is 2.74. The summed E-state index contributed by atoms with van der Waals surface area (Å²) in [5.74, 6) is 0.467. The van der Waals surface area contributed by atoms with Gasteiger partial charge in [0.25, 0.3) is 5.91 Å². The van der Waals surface area contributed by atoms with E-state index in [1.807, 2.05) is 42.5 Å². The highest BCUT2D eigenvalue weighted by Crippen LogP contribution is 2.45. The van der Waals surface area contributed by atoms with E-state index in [9.17, 15) is 10.1 Å². The van der Waals surface area contributed by atoms with E-state index in [2.05, 4.69) is 32.2 Å². The SMILES string of the molecule is CCC(C)(C)[C@H]1CCc2c(sc(NC(=O)c3cccc4ccccc34)c2C#N)C1. The molecule has 1 aromatic heterocycles. The molecule has 1 aliphatic rings. The maximum absolute atomic E-state index is 13.1. The van der Waals surface area contributed by atoms with Crippen molar-refractivity contribution in [3.63, 3.8) is 0 Å². The fourth-order valence-corrected chi connectivity index (χ4v) is 5.61. The van der Waals surface area contributed by atoms with Crippen LogP contribution in [0.1, 0.15) is 60.0 Å². The molecule has 29 heavy (non-hydrogen) atoms. The number of benzene rings is 2. The van der Waals surface area contributed by atoms with E-state index in [1.54, 1.807) is 11.3 Å². The summed E-state index contributed by atoms with van der Waals surface area (Å²) in [5, 5.41) is 15.5. The Kier molecular flexibility index (Phi) is 5.19. The maximum Gasteiger partial charge on any atom is 0.256 e. The number of nitrogens with zero attached hydrogens (tertiary/aromatic N) is 1. The number of fused-ring (bicyclic) bond motifs is 2. The van der Waals surface area contributed by atoms with E-state index in [-0.39, 0.29) is 5.91 Å². The molecule has 0 saturated heterocycles. The summed E-state index contributed by atoms with van der Waals surface area (Å²) >= 11 is 1.59. The molecule has 1 N–H and O–H groups in total. The summed E-state index contributed by atoms with van der Waals surface area (Å²) < 4.78 is 0. The van der Waals surface area contributed by atoms with Gasteiger partial charge in [-0.25, -0.2) is 0 Å². The molecule has 0 spiro atoms. The minimum Gasteiger partial charge on any atom is -0.312 e. The van der Waals surface area contributed by atoms with Crippen LogP contribution in [-0.4, -0.2) is 5.91 Å². The average Bonchev–Trinajstić information content (AvgIpc) is 3.09. The number of rotatable bonds is 4. The number of nitriles is 1. The number of thiophene rings is 1. The molecule has 0 aliphatic heterocycles. The van der Waals surface area contributed by atoms with E-state index >= 15 is 0 Å². The van der Waals surface area contributed by atoms with Crippen LogP contribution in [0.2, 0.25) is 0 Å². The first kappa shape index (κ1) is 19.7. The van der Waals surface area contributed by atoms with Gasteiger partial charge in [0, 0.05) is 10.4 Å². The van der Waals surface area contributed by atoms with Gasteiger partial charge in [0.2, 0.25) is 0 Å². The summed E-state index contributed by atoms with van der Waals surface area (Å²) in [4.78, 5) is 14.3. The lowest BCUT2D eigenvalue weighted by atomic mass is 9.69. The van der Waals surface area contributed by atoms with Gasteiger partial charge in [-0.05, 0) is 53.0 Å². The van der Waals surface area contributed by atoms with Gasteiger partial charge < -0.3 is 5.32 Å². The first-order valence-electron chi connectivity index (χ1n) is 10.3. The molecule has 0 radical (unpaired) electrons. The lowest BCUT2D eigenvalue weighted by Crippen LogP contribution is -2.28. The lowest BCUT2D eigenvalue weighted by molar-refractivity contribution is 0.102. The van der Waals surface area contributed by atoms with Crippen molar-refractivity contribution in [2.45, 2.75) is 46.5 Å². The highest BCUT2D eigenvalue weighted by Gasteiger charge is 2.34. The Morgan fingerprint density at radius 1 is 1.24 bits per heavy atom. The third-order valence-corrected chi connectivity index (χ3v) is 7.82. The molecule has 1 atom stereocenters. The standard InChI is InChI=1S/C25H26N2OS/c1-4-25(2,3)17-12-13-19-21(15-26)24(29-22(19)14-17)27-23(28)20-11-7-9-16-8-5-6-10-18(16)20/h5-11,17H,4,12-14H2,1-3H3,(H,27,28)/t17-/m0/s1. The second-order valence-electron chi connectivity index (χ2n) is 8.58. The van der Waals surface area contributed by atoms with Crippen molar-refractivity contribution in [2.75, 3.05) is 5.32 Å². The van der Waals surface area contributed by atoms with Crippen molar-refractivity contribution in [3.05, 3.63) is 64.0 Å². The minimum absolute atomic E-state index is 0.151. The first-order chi connectivity index (χ1) is 13.9. The molecule has 3 aromatic rings. The van der Waals surface area contributed by atoms with Gasteiger partial charge in [-0.1, -0.05) is 63.6 Å². The zero-order valence-electron chi connectivity index (χ0n) is 17.2. The summed E-state index contributed by atoms with van der Waals surface area (Å²) in [6.45, 7) is 6.93. The van der Waals surface area contributed by atoms with E-state index in [4.69, 9.17) is 0 Å². The monoisotopic (exact) mass is 402 g/mol. The van der Waals surface area contributed by atoms with Crippen molar-refractivity contribution < 1.29 is 4.79 Å². The second kappa shape index (κ2) is 7.65. The molecule has 3 nitrogen and oxygen atoms in total. The summed E-state index contributed by atoms with van der Waals surface area (Å²) in [6, 6.07) is 16.0. The van der Waals surface area contributed by atoms with Crippen LogP contribution in [0.15, 0.2) is 42.5 Å². The quantitative estimate of drug-likeness (QED) is 0.537. The topological polar surface area (TPSA) is 52.9 Å². The second-order valence-corrected chi connectivity index (χ2v) is 9.69. The van der Waals surface area contributed by atoms with Crippen LogP contribution in [0.5, 0.6) is 0 Å². The third-order valence-electron chi connectivity index (χ3n) is 6.65. The van der Waals surface area contributed by atoms with E-state index in [0.717, 1.165) is 42.0 Å².